The van der Waals surface area contributed by atoms with Gasteiger partial charge in [-0.2, -0.15) is 0 Å². The van der Waals surface area contributed by atoms with Gasteiger partial charge in [0.1, 0.15) is 0 Å². The summed E-state index contributed by atoms with van der Waals surface area (Å²) in [5, 5.41) is 6.45. The van der Waals surface area contributed by atoms with Gasteiger partial charge in [0.15, 0.2) is 0 Å². The fourth-order valence-electron chi connectivity index (χ4n) is 2.72. The molecule has 0 radical (unpaired) electrons. The van der Waals surface area contributed by atoms with E-state index in [0.29, 0.717) is 12.3 Å². The summed E-state index contributed by atoms with van der Waals surface area (Å²) < 4.78 is 1.05. The van der Waals surface area contributed by atoms with E-state index >= 15 is 0 Å². The number of hydrogen-bond acceptors (Lipinski definition) is 2. The normalized spacial score (nSPS) is 17.7. The number of hydrogen-bond donors (Lipinski definition) is 2. The zero-order valence-electron chi connectivity index (χ0n) is 12.0. The van der Waals surface area contributed by atoms with E-state index in [9.17, 15) is 4.79 Å². The Bertz CT molecular complexity index is 444. The predicted octanol–water partition coefficient (Wildman–Crippen LogP) is 3.41. The van der Waals surface area contributed by atoms with Crippen LogP contribution >= 0.6 is 15.9 Å². The van der Waals surface area contributed by atoms with Crippen molar-refractivity contribution in [1.29, 1.82) is 0 Å². The molecule has 1 aliphatic heterocycles. The lowest BCUT2D eigenvalue weighted by Crippen LogP contribution is -2.30. The Hall–Kier alpha value is -0.870. The molecule has 1 aromatic carbocycles. The highest BCUT2D eigenvalue weighted by molar-refractivity contribution is 9.10. The molecule has 0 spiro atoms. The summed E-state index contributed by atoms with van der Waals surface area (Å²) >= 11 is 3.53. The van der Waals surface area contributed by atoms with Crippen LogP contribution in [0.4, 0.5) is 0 Å². The van der Waals surface area contributed by atoms with E-state index < -0.39 is 0 Å². The highest BCUT2D eigenvalue weighted by Crippen LogP contribution is 2.23. The van der Waals surface area contributed by atoms with Gasteiger partial charge >= 0.3 is 0 Å². The maximum Gasteiger partial charge on any atom is 0.220 e. The van der Waals surface area contributed by atoms with Gasteiger partial charge < -0.3 is 10.6 Å². The maximum absolute atomic E-state index is 12.0. The third-order valence-electron chi connectivity index (χ3n) is 3.99. The molecule has 1 saturated heterocycles. The van der Waals surface area contributed by atoms with Gasteiger partial charge in [-0.15, -0.1) is 0 Å². The Kier molecular flexibility index (Phi) is 6.05. The van der Waals surface area contributed by atoms with E-state index in [4.69, 9.17) is 0 Å². The molecule has 0 aromatic heterocycles. The highest BCUT2D eigenvalue weighted by Gasteiger charge is 2.16. The first-order valence-electron chi connectivity index (χ1n) is 7.41. The van der Waals surface area contributed by atoms with Crippen LogP contribution in [0.3, 0.4) is 0 Å². The molecule has 1 heterocycles. The van der Waals surface area contributed by atoms with Gasteiger partial charge in [0.25, 0.3) is 0 Å². The monoisotopic (exact) mass is 338 g/mol. The van der Waals surface area contributed by atoms with Gasteiger partial charge in [0.2, 0.25) is 5.91 Å². The SMILES string of the molecule is C[C@@H](NC(=O)CCC1CCNCC1)c1ccccc1Br. The standard InChI is InChI=1S/C16H23BrN2O/c1-12(14-4-2-3-5-15(14)17)19-16(20)7-6-13-8-10-18-11-9-13/h2-5,12-13,18H,6-11H2,1H3,(H,19,20)/t12-/m1/s1. The molecule has 20 heavy (non-hydrogen) atoms. The molecule has 1 atom stereocenters. The average molecular weight is 339 g/mol. The molecule has 4 heteroatoms. The first kappa shape index (κ1) is 15.5. The fraction of sp³-hybridized carbons (Fsp3) is 0.562. The molecule has 1 amide bonds. The Balaban J connectivity index is 1.77. The molecule has 110 valence electrons. The van der Waals surface area contributed by atoms with Crippen molar-refractivity contribution in [2.75, 3.05) is 13.1 Å². The zero-order chi connectivity index (χ0) is 14.4. The lowest BCUT2D eigenvalue weighted by atomic mass is 9.93. The van der Waals surface area contributed by atoms with Crippen LogP contribution in [0.2, 0.25) is 0 Å². The molecule has 1 aliphatic rings. The predicted molar refractivity (Wildman–Crippen MR) is 85.5 cm³/mol. The van der Waals surface area contributed by atoms with Crippen LogP contribution in [0.1, 0.15) is 44.2 Å². The number of nitrogens with one attached hydrogen (secondary N) is 2. The smallest absolute Gasteiger partial charge is 0.220 e. The lowest BCUT2D eigenvalue weighted by Gasteiger charge is -2.22. The first-order valence-corrected chi connectivity index (χ1v) is 8.20. The largest absolute Gasteiger partial charge is 0.350 e. The molecule has 1 fully saturated rings. The molecule has 1 aromatic rings. The average Bonchev–Trinajstić information content (AvgIpc) is 2.46. The Morgan fingerprint density at radius 3 is 2.80 bits per heavy atom. The minimum Gasteiger partial charge on any atom is -0.350 e. The maximum atomic E-state index is 12.0. The van der Waals surface area contributed by atoms with Crippen LogP contribution in [0.25, 0.3) is 0 Å². The van der Waals surface area contributed by atoms with Gasteiger partial charge in [-0.1, -0.05) is 34.1 Å². The van der Waals surface area contributed by atoms with Crippen LogP contribution < -0.4 is 10.6 Å². The molecular weight excluding hydrogens is 316 g/mol. The van der Waals surface area contributed by atoms with E-state index in [2.05, 4.69) is 26.6 Å². The number of halogens is 1. The summed E-state index contributed by atoms with van der Waals surface area (Å²) in [4.78, 5) is 12.0. The summed E-state index contributed by atoms with van der Waals surface area (Å²) in [6.45, 7) is 4.22. The quantitative estimate of drug-likeness (QED) is 0.863. The summed E-state index contributed by atoms with van der Waals surface area (Å²) in [6.07, 6.45) is 4.05. The lowest BCUT2D eigenvalue weighted by molar-refractivity contribution is -0.122. The van der Waals surface area contributed by atoms with Crippen molar-refractivity contribution in [3.05, 3.63) is 34.3 Å². The number of amides is 1. The number of rotatable bonds is 5. The van der Waals surface area contributed by atoms with E-state index in [1.54, 1.807) is 0 Å². The van der Waals surface area contributed by atoms with Crippen molar-refractivity contribution in [1.82, 2.24) is 10.6 Å². The summed E-state index contributed by atoms with van der Waals surface area (Å²) in [5.74, 6) is 0.868. The van der Waals surface area contributed by atoms with E-state index in [1.807, 2.05) is 31.2 Å². The summed E-state index contributed by atoms with van der Waals surface area (Å²) in [6, 6.07) is 8.08. The first-order chi connectivity index (χ1) is 9.66. The Morgan fingerprint density at radius 2 is 2.10 bits per heavy atom. The van der Waals surface area contributed by atoms with Crippen molar-refractivity contribution in [2.24, 2.45) is 5.92 Å². The topological polar surface area (TPSA) is 41.1 Å². The van der Waals surface area contributed by atoms with Crippen molar-refractivity contribution in [3.63, 3.8) is 0 Å². The van der Waals surface area contributed by atoms with Crippen LogP contribution in [-0.2, 0) is 4.79 Å². The van der Waals surface area contributed by atoms with Crippen LogP contribution in [-0.4, -0.2) is 19.0 Å². The Labute approximate surface area is 129 Å². The molecule has 0 bridgehead atoms. The summed E-state index contributed by atoms with van der Waals surface area (Å²) in [5.41, 5.74) is 1.13. The van der Waals surface area contributed by atoms with Crippen LogP contribution in [0.5, 0.6) is 0 Å². The third-order valence-corrected chi connectivity index (χ3v) is 4.71. The highest BCUT2D eigenvalue weighted by atomic mass is 79.9. The van der Waals surface area contributed by atoms with Crippen molar-refractivity contribution >= 4 is 21.8 Å². The molecule has 0 unspecified atom stereocenters. The van der Waals surface area contributed by atoms with Gasteiger partial charge in [0, 0.05) is 10.9 Å². The van der Waals surface area contributed by atoms with Crippen LogP contribution in [0.15, 0.2) is 28.7 Å². The molecule has 0 aliphatic carbocycles. The van der Waals surface area contributed by atoms with Crippen molar-refractivity contribution < 1.29 is 4.79 Å². The van der Waals surface area contributed by atoms with Gasteiger partial charge in [-0.05, 0) is 56.8 Å². The second-order valence-corrected chi connectivity index (χ2v) is 6.40. The molecule has 2 rings (SSSR count). The van der Waals surface area contributed by atoms with Gasteiger partial charge in [0.05, 0.1) is 6.04 Å². The molecule has 3 nitrogen and oxygen atoms in total. The Morgan fingerprint density at radius 1 is 1.40 bits per heavy atom. The number of piperidine rings is 1. The molecule has 2 N–H and O–H groups in total. The second-order valence-electron chi connectivity index (χ2n) is 5.54. The number of carbonyl (C=O) groups is 1. The number of carbonyl (C=O) groups excluding carboxylic acids is 1. The summed E-state index contributed by atoms with van der Waals surface area (Å²) in [7, 11) is 0. The van der Waals surface area contributed by atoms with E-state index in [1.165, 1.54) is 12.8 Å². The fourth-order valence-corrected chi connectivity index (χ4v) is 3.35. The minimum absolute atomic E-state index is 0.0473. The minimum atomic E-state index is 0.0473. The van der Waals surface area contributed by atoms with Crippen LogP contribution in [0, 0.1) is 5.92 Å². The van der Waals surface area contributed by atoms with Crippen molar-refractivity contribution in [3.8, 4) is 0 Å². The van der Waals surface area contributed by atoms with E-state index in [0.717, 1.165) is 29.5 Å². The van der Waals surface area contributed by atoms with Crippen molar-refractivity contribution in [2.45, 2.75) is 38.6 Å². The molecule has 0 saturated carbocycles. The van der Waals surface area contributed by atoms with E-state index in [-0.39, 0.29) is 11.9 Å². The zero-order valence-corrected chi connectivity index (χ0v) is 13.6. The third kappa shape index (κ3) is 4.60. The van der Waals surface area contributed by atoms with Gasteiger partial charge in [-0.3, -0.25) is 4.79 Å². The second kappa shape index (κ2) is 7.79. The number of benzene rings is 1. The van der Waals surface area contributed by atoms with Gasteiger partial charge in [-0.25, -0.2) is 0 Å². The molecular formula is C16H23BrN2O.